The number of aromatic nitrogens is 1. The molecule has 0 N–H and O–H groups in total. The van der Waals surface area contributed by atoms with Crippen molar-refractivity contribution in [2.45, 2.75) is 67.9 Å². The fraction of sp³-hybridized carbons (Fsp3) is 0.167. The second-order valence-corrected chi connectivity index (χ2v) is 17.1. The van der Waals surface area contributed by atoms with Crippen LogP contribution in [0.2, 0.25) is 0 Å². The first kappa shape index (κ1) is 48.8. The van der Waals surface area contributed by atoms with E-state index in [0.29, 0.717) is 12.1 Å². The van der Waals surface area contributed by atoms with Crippen LogP contribution in [0.1, 0.15) is 79.2 Å². The van der Waals surface area contributed by atoms with E-state index in [1.54, 1.807) is 0 Å². The van der Waals surface area contributed by atoms with Crippen molar-refractivity contribution in [3.05, 3.63) is 250 Å². The molecular weight excluding hydrogens is 835 g/mol. The second-order valence-electron chi connectivity index (χ2n) is 17.1. The fourth-order valence-corrected chi connectivity index (χ4v) is 8.81. The third kappa shape index (κ3) is 11.0. The summed E-state index contributed by atoms with van der Waals surface area (Å²) in [5, 5.41) is 3.58. The van der Waals surface area contributed by atoms with E-state index in [4.69, 9.17) is 4.99 Å². The summed E-state index contributed by atoms with van der Waals surface area (Å²) in [4.78, 5) is 7.50. The molecule has 1 aromatic heterocycles. The van der Waals surface area contributed by atoms with Gasteiger partial charge in [0.1, 0.15) is 5.84 Å². The lowest BCUT2D eigenvalue weighted by atomic mass is 9.90. The Bertz CT molecular complexity index is 3370. The predicted octanol–water partition coefficient (Wildman–Crippen LogP) is 17.2. The van der Waals surface area contributed by atoms with Crippen molar-refractivity contribution in [3.8, 4) is 34.1 Å². The van der Waals surface area contributed by atoms with E-state index >= 15 is 0 Å². The Balaban J connectivity index is 0.000000710. The monoisotopic (exact) mass is 898 g/mol. The van der Waals surface area contributed by atoms with E-state index in [1.165, 1.54) is 60.7 Å². The molecule has 1 atom stereocenters. The molecular formula is C66H63N3. The van der Waals surface area contributed by atoms with Gasteiger partial charge in [0.05, 0.1) is 28.5 Å². The Morgan fingerprint density at radius 2 is 1.38 bits per heavy atom. The molecule has 3 heteroatoms. The maximum Gasteiger partial charge on any atom is 0.136 e. The van der Waals surface area contributed by atoms with Crippen LogP contribution in [0.15, 0.2) is 216 Å². The van der Waals surface area contributed by atoms with E-state index in [2.05, 4.69) is 239 Å². The van der Waals surface area contributed by atoms with Gasteiger partial charge in [0, 0.05) is 41.8 Å². The molecule has 8 aromatic rings. The first-order valence-electron chi connectivity index (χ1n) is 24.0. The van der Waals surface area contributed by atoms with E-state index in [0.717, 1.165) is 39.4 Å². The molecule has 1 heterocycles. The van der Waals surface area contributed by atoms with Crippen molar-refractivity contribution < 1.29 is 0 Å². The summed E-state index contributed by atoms with van der Waals surface area (Å²) in [5.41, 5.74) is 23.4. The van der Waals surface area contributed by atoms with Gasteiger partial charge in [0.25, 0.3) is 0 Å². The van der Waals surface area contributed by atoms with Gasteiger partial charge in [-0.25, -0.2) is 4.99 Å². The third-order valence-corrected chi connectivity index (χ3v) is 12.6. The van der Waals surface area contributed by atoms with Crippen LogP contribution < -0.4 is 0 Å². The van der Waals surface area contributed by atoms with Gasteiger partial charge in [-0.1, -0.05) is 201 Å². The molecule has 0 radical (unpaired) electrons. The molecule has 0 saturated carbocycles. The third-order valence-electron chi connectivity index (χ3n) is 12.6. The second kappa shape index (κ2) is 23.1. The lowest BCUT2D eigenvalue weighted by Crippen LogP contribution is -2.30. The van der Waals surface area contributed by atoms with Gasteiger partial charge in [-0.15, -0.1) is 5.92 Å². The molecule has 7 aromatic carbocycles. The molecule has 1 unspecified atom stereocenters. The van der Waals surface area contributed by atoms with Crippen LogP contribution in [0, 0.1) is 39.5 Å². The van der Waals surface area contributed by atoms with Crippen LogP contribution in [0.5, 0.6) is 0 Å². The normalized spacial score (nSPS) is 12.3. The Hall–Kier alpha value is -8.11. The number of fused-ring (bicyclic) bond motifs is 2. The number of benzene rings is 7. The Morgan fingerprint density at radius 3 is 2.06 bits per heavy atom. The number of amidine groups is 1. The van der Waals surface area contributed by atoms with Crippen molar-refractivity contribution in [3.63, 3.8) is 0 Å². The summed E-state index contributed by atoms with van der Waals surface area (Å²) >= 11 is 0. The highest BCUT2D eigenvalue weighted by Gasteiger charge is 2.23. The van der Waals surface area contributed by atoms with Crippen LogP contribution in [0.4, 0.5) is 0 Å². The van der Waals surface area contributed by atoms with Crippen LogP contribution in [-0.4, -0.2) is 22.4 Å². The van der Waals surface area contributed by atoms with Crippen LogP contribution in [-0.2, 0) is 0 Å². The van der Waals surface area contributed by atoms with E-state index < -0.39 is 0 Å². The zero-order valence-corrected chi connectivity index (χ0v) is 41.7. The molecule has 0 spiro atoms. The maximum atomic E-state index is 5.28. The number of hydrogen-bond acceptors (Lipinski definition) is 1. The van der Waals surface area contributed by atoms with Crippen molar-refractivity contribution in [1.82, 2.24) is 9.47 Å². The van der Waals surface area contributed by atoms with Crippen molar-refractivity contribution in [2.24, 2.45) is 4.99 Å². The highest BCUT2D eigenvalue weighted by Crippen LogP contribution is 2.44. The van der Waals surface area contributed by atoms with Gasteiger partial charge in [0.2, 0.25) is 0 Å². The standard InChI is InChI=1S/C57H49N3.C7H8.C2H6/c1-8-9-10-17-33-54-41(4)53-37-47-28-19-21-32-51(47)55(48-35-34-40(3)52(38-48)50-31-20-18-23-39(50)2)56(53)60(54)49-30-22-29-46(36-49)42(5)58-57(45-26-15-12-16-27-45)59(7)43(6)44-24-13-11-14-25-44;1-7-5-3-2-4-6-7;1-2/h11-21,23-28,30-38,43H,5,10H2,1-4,6-7H3;2-6H,1H3;1-2H3/b33-17-,58-57?;;. The van der Waals surface area contributed by atoms with Crippen LogP contribution >= 0.6 is 0 Å². The SMILES string of the molecule is C=C(N=C(c1ccccc1)N(C)C(C)c1ccccc1)C1=C=C=CC(n2c(/C=C\CC#CC)c(C)c3cc4ccccc4c(-c4ccc(C)c(-c5ccccc5C)c4)c32)=C1.CC.Cc1ccccc1. The minimum Gasteiger partial charge on any atom is -0.352 e. The van der Waals surface area contributed by atoms with Gasteiger partial charge in [-0.05, 0) is 116 Å². The minimum absolute atomic E-state index is 0.0714. The molecule has 9 rings (SSSR count). The molecule has 3 nitrogen and oxygen atoms in total. The van der Waals surface area contributed by atoms with Crippen LogP contribution in [0.25, 0.3) is 55.7 Å². The van der Waals surface area contributed by atoms with Gasteiger partial charge in [-0.3, -0.25) is 0 Å². The highest BCUT2D eigenvalue weighted by atomic mass is 15.2. The summed E-state index contributed by atoms with van der Waals surface area (Å²) in [6, 6.07) is 57.9. The summed E-state index contributed by atoms with van der Waals surface area (Å²) in [6.07, 6.45) is 9.22. The first-order chi connectivity index (χ1) is 33.6. The zero-order chi connectivity index (χ0) is 48.9. The summed E-state index contributed by atoms with van der Waals surface area (Å²) in [7, 11) is 2.10. The van der Waals surface area contributed by atoms with Gasteiger partial charge >= 0.3 is 0 Å². The van der Waals surface area contributed by atoms with Gasteiger partial charge in [-0.2, -0.15) is 0 Å². The number of allylic oxidation sites excluding steroid dienone is 4. The lowest BCUT2D eigenvalue weighted by molar-refractivity contribution is 0.403. The first-order valence-corrected chi connectivity index (χ1v) is 24.0. The fourth-order valence-electron chi connectivity index (χ4n) is 8.81. The molecule has 0 saturated heterocycles. The summed E-state index contributed by atoms with van der Waals surface area (Å²) in [5.74, 6) is 7.10. The summed E-state index contributed by atoms with van der Waals surface area (Å²) < 4.78 is 2.39. The van der Waals surface area contributed by atoms with E-state index in [1.807, 2.05) is 51.1 Å². The molecule has 0 aliphatic heterocycles. The Kier molecular flexibility index (Phi) is 16.3. The number of hydrogen-bond donors (Lipinski definition) is 0. The quantitative estimate of drug-likeness (QED) is 0.0580. The smallest absolute Gasteiger partial charge is 0.136 e. The average molecular weight is 898 g/mol. The van der Waals surface area contributed by atoms with Gasteiger partial charge < -0.3 is 9.47 Å². The van der Waals surface area contributed by atoms with E-state index in [9.17, 15) is 0 Å². The predicted molar refractivity (Wildman–Crippen MR) is 298 cm³/mol. The molecule has 342 valence electrons. The Labute approximate surface area is 411 Å². The van der Waals surface area contributed by atoms with Crippen molar-refractivity contribution in [1.29, 1.82) is 0 Å². The summed E-state index contributed by atoms with van der Waals surface area (Å²) in [6.45, 7) is 21.4. The number of aliphatic imine (C=N–C) groups is 1. The minimum atomic E-state index is 0.0714. The zero-order valence-electron chi connectivity index (χ0n) is 41.7. The molecule has 69 heavy (non-hydrogen) atoms. The molecule has 0 bridgehead atoms. The van der Waals surface area contributed by atoms with Gasteiger partial charge in [0.15, 0.2) is 0 Å². The highest BCUT2D eigenvalue weighted by molar-refractivity contribution is 6.15. The molecule has 1 aliphatic carbocycles. The largest absolute Gasteiger partial charge is 0.352 e. The van der Waals surface area contributed by atoms with Crippen LogP contribution in [0.3, 0.4) is 0 Å². The topological polar surface area (TPSA) is 20.5 Å². The van der Waals surface area contributed by atoms with Crippen molar-refractivity contribution >= 4 is 39.3 Å². The lowest BCUT2D eigenvalue weighted by Gasteiger charge is -2.29. The number of nitrogens with zero attached hydrogens (tertiary/aromatic N) is 3. The van der Waals surface area contributed by atoms with E-state index in [-0.39, 0.29) is 6.04 Å². The number of rotatable bonds is 10. The number of aryl methyl sites for hydroxylation is 4. The molecule has 0 amide bonds. The molecule has 1 aliphatic rings. The average Bonchev–Trinajstić information content (AvgIpc) is 3.67. The maximum absolute atomic E-state index is 5.28. The van der Waals surface area contributed by atoms with Crippen molar-refractivity contribution in [2.75, 3.05) is 7.05 Å². The Morgan fingerprint density at radius 1 is 0.739 bits per heavy atom. The molecule has 0 fully saturated rings.